The van der Waals surface area contributed by atoms with Gasteiger partial charge in [-0.3, -0.25) is 9.20 Å². The fourth-order valence-corrected chi connectivity index (χ4v) is 4.97. The molecular formula is C24H25N5OS. The number of nitrogens with one attached hydrogen (secondary N) is 1. The second-order valence-electron chi connectivity index (χ2n) is 8.15. The van der Waals surface area contributed by atoms with Crippen molar-refractivity contribution in [3.63, 3.8) is 0 Å². The van der Waals surface area contributed by atoms with Crippen molar-refractivity contribution in [2.45, 2.75) is 50.1 Å². The van der Waals surface area contributed by atoms with Crippen LogP contribution < -0.4 is 5.32 Å². The van der Waals surface area contributed by atoms with Crippen LogP contribution in [0.3, 0.4) is 0 Å². The molecule has 0 saturated heterocycles. The van der Waals surface area contributed by atoms with E-state index < -0.39 is 0 Å². The molecule has 0 bridgehead atoms. The number of benzene rings is 2. The molecule has 1 saturated carbocycles. The molecule has 1 amide bonds. The Bertz CT molecular complexity index is 1230. The summed E-state index contributed by atoms with van der Waals surface area (Å²) in [7, 11) is 0. The molecule has 0 radical (unpaired) electrons. The van der Waals surface area contributed by atoms with E-state index in [0.717, 1.165) is 40.3 Å². The number of thioether (sulfide) groups is 1. The van der Waals surface area contributed by atoms with Gasteiger partial charge in [0.15, 0.2) is 11.5 Å². The Morgan fingerprint density at radius 2 is 1.84 bits per heavy atom. The maximum atomic E-state index is 12.5. The SMILES string of the molecule is Cc1ccc(-c2nnc3c(SCC(=O)NC4CCCCC4)nc4ccccc4n23)cc1. The van der Waals surface area contributed by atoms with Gasteiger partial charge in [0.05, 0.1) is 16.8 Å². The summed E-state index contributed by atoms with van der Waals surface area (Å²) in [5, 5.41) is 12.9. The number of amides is 1. The van der Waals surface area contributed by atoms with Gasteiger partial charge in [-0.15, -0.1) is 10.2 Å². The molecule has 2 aromatic carbocycles. The number of aryl methyl sites for hydroxylation is 1. The zero-order valence-corrected chi connectivity index (χ0v) is 18.4. The number of hydrogen-bond acceptors (Lipinski definition) is 5. The van der Waals surface area contributed by atoms with Gasteiger partial charge in [-0.05, 0) is 31.9 Å². The third-order valence-corrected chi connectivity index (χ3v) is 6.77. The molecule has 31 heavy (non-hydrogen) atoms. The minimum Gasteiger partial charge on any atom is -0.353 e. The average Bonchev–Trinajstić information content (AvgIpc) is 3.24. The second-order valence-corrected chi connectivity index (χ2v) is 9.11. The Hall–Kier alpha value is -2.93. The van der Waals surface area contributed by atoms with E-state index in [2.05, 4.69) is 46.7 Å². The maximum absolute atomic E-state index is 12.5. The summed E-state index contributed by atoms with van der Waals surface area (Å²) in [6.07, 6.45) is 5.84. The molecule has 2 heterocycles. The zero-order valence-electron chi connectivity index (χ0n) is 17.5. The summed E-state index contributed by atoms with van der Waals surface area (Å²) in [5.74, 6) is 1.16. The second kappa shape index (κ2) is 8.67. The standard InChI is InChI=1S/C24H25N5OS/c1-16-11-13-17(14-12-16)22-27-28-23-24(26-19-9-5-6-10-20(19)29(22)23)31-15-21(30)25-18-7-3-2-4-8-18/h5-6,9-14,18H,2-4,7-8,15H2,1H3,(H,25,30). The molecule has 0 aliphatic heterocycles. The van der Waals surface area contributed by atoms with Crippen LogP contribution in [0.15, 0.2) is 53.6 Å². The lowest BCUT2D eigenvalue weighted by molar-refractivity contribution is -0.119. The van der Waals surface area contributed by atoms with Crippen molar-refractivity contribution in [1.29, 1.82) is 0 Å². The minimum absolute atomic E-state index is 0.0586. The number of nitrogens with zero attached hydrogens (tertiary/aromatic N) is 4. The molecule has 0 atom stereocenters. The predicted molar refractivity (Wildman–Crippen MR) is 124 cm³/mol. The molecule has 0 spiro atoms. The van der Waals surface area contributed by atoms with Crippen LogP contribution in [-0.4, -0.2) is 37.3 Å². The van der Waals surface area contributed by atoms with Crippen LogP contribution in [-0.2, 0) is 4.79 Å². The van der Waals surface area contributed by atoms with Crippen LogP contribution in [0, 0.1) is 6.92 Å². The number of carbonyl (C=O) groups is 1. The summed E-state index contributed by atoms with van der Waals surface area (Å²) in [6, 6.07) is 16.6. The zero-order chi connectivity index (χ0) is 21.2. The lowest BCUT2D eigenvalue weighted by Crippen LogP contribution is -2.37. The molecular weight excluding hydrogens is 406 g/mol. The van der Waals surface area contributed by atoms with Crippen molar-refractivity contribution in [3.05, 3.63) is 54.1 Å². The smallest absolute Gasteiger partial charge is 0.230 e. The quantitative estimate of drug-likeness (QED) is 0.460. The van der Waals surface area contributed by atoms with E-state index in [9.17, 15) is 4.79 Å². The highest BCUT2D eigenvalue weighted by atomic mass is 32.2. The first-order valence-electron chi connectivity index (χ1n) is 10.8. The summed E-state index contributed by atoms with van der Waals surface area (Å²) in [4.78, 5) is 17.3. The van der Waals surface area contributed by atoms with E-state index in [1.165, 1.54) is 36.6 Å². The van der Waals surface area contributed by atoms with Gasteiger partial charge in [0.1, 0.15) is 5.03 Å². The van der Waals surface area contributed by atoms with E-state index in [-0.39, 0.29) is 5.91 Å². The van der Waals surface area contributed by atoms with Crippen molar-refractivity contribution in [2.24, 2.45) is 0 Å². The fourth-order valence-electron chi connectivity index (χ4n) is 4.19. The first-order chi connectivity index (χ1) is 15.2. The van der Waals surface area contributed by atoms with Gasteiger partial charge >= 0.3 is 0 Å². The van der Waals surface area contributed by atoms with E-state index in [1.807, 2.05) is 28.7 Å². The number of para-hydroxylation sites is 2. The minimum atomic E-state index is 0.0586. The summed E-state index contributed by atoms with van der Waals surface area (Å²) in [5.41, 5.74) is 4.70. The molecule has 7 heteroatoms. The molecule has 1 N–H and O–H groups in total. The molecule has 0 unspecified atom stereocenters. The molecule has 5 rings (SSSR count). The van der Waals surface area contributed by atoms with Gasteiger partial charge in [0.2, 0.25) is 5.91 Å². The Labute approximate surface area is 185 Å². The summed E-state index contributed by atoms with van der Waals surface area (Å²) in [6.45, 7) is 2.07. The highest BCUT2D eigenvalue weighted by molar-refractivity contribution is 8.00. The lowest BCUT2D eigenvalue weighted by Gasteiger charge is -2.22. The highest BCUT2D eigenvalue weighted by Crippen LogP contribution is 2.29. The topological polar surface area (TPSA) is 72.2 Å². The van der Waals surface area contributed by atoms with Crippen LogP contribution in [0.25, 0.3) is 28.1 Å². The molecule has 158 valence electrons. The van der Waals surface area contributed by atoms with Gasteiger partial charge in [0, 0.05) is 11.6 Å². The number of carbonyl (C=O) groups excluding carboxylic acids is 1. The number of fused-ring (bicyclic) bond motifs is 3. The highest BCUT2D eigenvalue weighted by Gasteiger charge is 2.19. The van der Waals surface area contributed by atoms with Crippen molar-refractivity contribution >= 4 is 34.3 Å². The molecule has 4 aromatic rings. The maximum Gasteiger partial charge on any atom is 0.230 e. The fraction of sp³-hybridized carbons (Fsp3) is 0.333. The number of aromatic nitrogens is 4. The van der Waals surface area contributed by atoms with Gasteiger partial charge in [-0.1, -0.05) is 73.0 Å². The Morgan fingerprint density at radius 1 is 1.06 bits per heavy atom. The van der Waals surface area contributed by atoms with Crippen LogP contribution in [0.1, 0.15) is 37.7 Å². The largest absolute Gasteiger partial charge is 0.353 e. The molecule has 6 nitrogen and oxygen atoms in total. The van der Waals surface area contributed by atoms with Crippen LogP contribution >= 0.6 is 11.8 Å². The normalized spacial score (nSPS) is 14.9. The Kier molecular flexibility index (Phi) is 5.59. The number of hydrogen-bond donors (Lipinski definition) is 1. The first-order valence-corrected chi connectivity index (χ1v) is 11.8. The van der Waals surface area contributed by atoms with Crippen molar-refractivity contribution in [3.8, 4) is 11.4 Å². The van der Waals surface area contributed by atoms with Crippen LogP contribution in [0.2, 0.25) is 0 Å². The van der Waals surface area contributed by atoms with Gasteiger partial charge in [-0.25, -0.2) is 4.98 Å². The van der Waals surface area contributed by atoms with Crippen LogP contribution in [0.5, 0.6) is 0 Å². The van der Waals surface area contributed by atoms with Gasteiger partial charge in [0.25, 0.3) is 0 Å². The van der Waals surface area contributed by atoms with Crippen molar-refractivity contribution in [1.82, 2.24) is 24.9 Å². The van der Waals surface area contributed by atoms with E-state index in [4.69, 9.17) is 4.98 Å². The third-order valence-electron chi connectivity index (χ3n) is 5.82. The summed E-state index contributed by atoms with van der Waals surface area (Å²) >= 11 is 1.43. The third kappa shape index (κ3) is 4.14. The molecule has 1 aliphatic rings. The van der Waals surface area contributed by atoms with E-state index >= 15 is 0 Å². The van der Waals surface area contributed by atoms with Gasteiger partial charge < -0.3 is 5.32 Å². The predicted octanol–water partition coefficient (Wildman–Crippen LogP) is 4.79. The van der Waals surface area contributed by atoms with Crippen LogP contribution in [0.4, 0.5) is 0 Å². The van der Waals surface area contributed by atoms with Crippen molar-refractivity contribution < 1.29 is 4.79 Å². The first kappa shape index (κ1) is 20.0. The molecule has 1 fully saturated rings. The van der Waals surface area contributed by atoms with E-state index in [0.29, 0.717) is 17.4 Å². The average molecular weight is 432 g/mol. The van der Waals surface area contributed by atoms with Gasteiger partial charge in [-0.2, -0.15) is 0 Å². The number of rotatable bonds is 5. The molecule has 1 aliphatic carbocycles. The molecule has 2 aromatic heterocycles. The monoisotopic (exact) mass is 431 g/mol. The lowest BCUT2D eigenvalue weighted by atomic mass is 9.95. The van der Waals surface area contributed by atoms with Crippen molar-refractivity contribution in [2.75, 3.05) is 5.75 Å². The van der Waals surface area contributed by atoms with E-state index in [1.54, 1.807) is 0 Å². The Morgan fingerprint density at radius 3 is 2.65 bits per heavy atom. The Balaban J connectivity index is 1.48. The summed E-state index contributed by atoms with van der Waals surface area (Å²) < 4.78 is 2.05.